The number of rotatable bonds is 14. The van der Waals surface area contributed by atoms with E-state index in [4.69, 9.17) is 31.0 Å². The first kappa shape index (κ1) is 35.9. The van der Waals surface area contributed by atoms with E-state index in [0.717, 1.165) is 29.7 Å². The molecule has 1 saturated heterocycles. The molecule has 1 aromatic carbocycles. The summed E-state index contributed by atoms with van der Waals surface area (Å²) in [6.45, 7) is 5.32. The number of aliphatic carboxylic acids is 1. The number of nitrogen functional groups attached to an aromatic ring is 1. The Balaban J connectivity index is 1.29. The van der Waals surface area contributed by atoms with Gasteiger partial charge in [-0.3, -0.25) is 19.6 Å². The number of carbonyl (C=O) groups is 3. The quantitative estimate of drug-likeness (QED) is 0.0458. The molecular weight excluding hydrogens is 684 g/mol. The second kappa shape index (κ2) is 13.5. The number of β-lactam (4-membered cyclic amide) rings is 1. The van der Waals surface area contributed by atoms with Crippen LogP contribution in [0.3, 0.4) is 0 Å². The van der Waals surface area contributed by atoms with Crippen molar-refractivity contribution in [2.75, 3.05) is 18.8 Å². The van der Waals surface area contributed by atoms with Crippen LogP contribution in [0.25, 0.3) is 0 Å². The number of ether oxygens (including phenoxy) is 1. The third-order valence-corrected chi connectivity index (χ3v) is 9.96. The molecule has 3 aliphatic rings. The Bertz CT molecular complexity index is 1800. The highest BCUT2D eigenvalue weighted by atomic mass is 32.3. The number of aromatic nitrogens is 1. The largest absolute Gasteiger partial charge is 0.485 e. The Morgan fingerprint density at radius 2 is 2.06 bits per heavy atom. The van der Waals surface area contributed by atoms with E-state index in [2.05, 4.69) is 25.1 Å². The maximum atomic E-state index is 13.4. The van der Waals surface area contributed by atoms with E-state index < -0.39 is 57.2 Å². The zero-order chi connectivity index (χ0) is 35.9. The number of nitrogens with two attached hydrogens (primary N) is 2. The van der Waals surface area contributed by atoms with Crippen molar-refractivity contribution in [2.24, 2.45) is 22.7 Å². The zero-order valence-electron chi connectivity index (χ0n) is 26.8. The van der Waals surface area contributed by atoms with Gasteiger partial charge in [-0.1, -0.05) is 5.16 Å². The number of carbonyl (C=O) groups excluding carboxylic acids is 2. The predicted molar refractivity (Wildman–Crippen MR) is 175 cm³/mol. The Morgan fingerprint density at radius 1 is 1.33 bits per heavy atom. The average Bonchev–Trinajstić information content (AvgIpc) is 3.68. The van der Waals surface area contributed by atoms with Gasteiger partial charge in [-0.05, 0) is 88.6 Å². The highest BCUT2D eigenvalue weighted by Gasteiger charge is 2.58. The number of hydrogen-bond acceptors (Lipinski definition) is 14. The number of amides is 2. The summed E-state index contributed by atoms with van der Waals surface area (Å²) < 4.78 is 41.7. The van der Waals surface area contributed by atoms with Gasteiger partial charge in [0.05, 0.1) is 5.54 Å². The summed E-state index contributed by atoms with van der Waals surface area (Å²) in [6.07, 6.45) is 1.58. The molecule has 0 unspecified atom stereocenters. The van der Waals surface area contributed by atoms with Crippen LogP contribution in [0.4, 0.5) is 5.13 Å². The first-order chi connectivity index (χ1) is 22.9. The molecule has 3 heterocycles. The molecule has 0 bridgehead atoms. The number of hydroxylamine groups is 2. The van der Waals surface area contributed by atoms with Crippen molar-refractivity contribution in [3.8, 4) is 5.75 Å². The minimum absolute atomic E-state index is 0.0577. The van der Waals surface area contributed by atoms with Crippen molar-refractivity contribution >= 4 is 56.2 Å². The molecule has 0 radical (unpaired) electrons. The normalized spacial score (nSPS) is 24.1. The highest BCUT2D eigenvalue weighted by Crippen LogP contribution is 2.40. The third-order valence-electron chi connectivity index (χ3n) is 8.95. The fourth-order valence-electron chi connectivity index (χ4n) is 5.77. The molecule has 20 heteroatoms. The first-order valence-corrected chi connectivity index (χ1v) is 17.5. The molecule has 1 aliphatic carbocycles. The van der Waals surface area contributed by atoms with Crippen LogP contribution in [0.2, 0.25) is 0 Å². The van der Waals surface area contributed by atoms with Crippen molar-refractivity contribution in [3.05, 3.63) is 40.4 Å². The number of nitrogens with zero attached hydrogens (tertiary/aromatic N) is 3. The van der Waals surface area contributed by atoms with Gasteiger partial charge in [-0.25, -0.2) is 9.78 Å². The minimum Gasteiger partial charge on any atom is -0.485 e. The van der Waals surface area contributed by atoms with Gasteiger partial charge in [0.1, 0.15) is 23.3 Å². The molecule has 2 aromatic rings. The van der Waals surface area contributed by atoms with Crippen molar-refractivity contribution in [3.63, 3.8) is 0 Å². The molecule has 5 rings (SSSR count). The molecule has 2 aliphatic heterocycles. The van der Waals surface area contributed by atoms with Crippen LogP contribution in [0.15, 0.2) is 28.7 Å². The van der Waals surface area contributed by atoms with Gasteiger partial charge < -0.3 is 36.8 Å². The Morgan fingerprint density at radius 3 is 2.65 bits per heavy atom. The Kier molecular flexibility index (Phi) is 9.90. The average molecular weight is 723 g/mol. The Labute approximate surface area is 285 Å². The summed E-state index contributed by atoms with van der Waals surface area (Å²) in [7, 11) is -5.03. The second-order valence-electron chi connectivity index (χ2n) is 12.8. The summed E-state index contributed by atoms with van der Waals surface area (Å²) in [5.41, 5.74) is 8.73. The predicted octanol–water partition coefficient (Wildman–Crippen LogP) is 0.423. The molecule has 2 amide bonds. The molecule has 18 nitrogen and oxygen atoms in total. The lowest BCUT2D eigenvalue weighted by Gasteiger charge is -2.50. The van der Waals surface area contributed by atoms with E-state index in [0.29, 0.717) is 47.7 Å². The number of carboxylic acids is 1. The van der Waals surface area contributed by atoms with Crippen LogP contribution in [0.1, 0.15) is 56.9 Å². The molecule has 9 N–H and O–H groups in total. The number of amidine groups is 1. The van der Waals surface area contributed by atoms with Gasteiger partial charge >= 0.3 is 16.4 Å². The molecular formula is C29H38N8O10S2. The van der Waals surface area contributed by atoms with Crippen molar-refractivity contribution in [2.45, 2.75) is 69.7 Å². The first-order valence-electron chi connectivity index (χ1n) is 15.3. The number of carboxylic acid groups (broad SMARTS) is 1. The standard InChI is InChI=1S/C29H38N8O10S2/c1-28(2)22(25(39)37(28)47-49(42,43)44)35-24(38)21(18-13-48-27(32)34-18)36-46-29(3,26(40)41)20-7-5-15-11-16(4-6-19(15)45-20)23(31)33-9-8-14-10-17(14)12-30/h4,6,11,13-14,17,20,22H,5,7-10,12,30H2,1-3H3,(H2,31,33)(H2,32,34)(H,35,38)(H,40,41)(H,42,43,44)/b36-21-/t14-,17+,20+,22+,29-/m0/s1. The highest BCUT2D eigenvalue weighted by molar-refractivity contribution is 7.80. The van der Waals surface area contributed by atoms with Crippen LogP contribution in [-0.4, -0.2) is 93.8 Å². The van der Waals surface area contributed by atoms with Crippen LogP contribution in [0.5, 0.6) is 5.75 Å². The van der Waals surface area contributed by atoms with Crippen molar-refractivity contribution < 1.29 is 46.3 Å². The molecule has 2 fully saturated rings. The summed E-state index contributed by atoms with van der Waals surface area (Å²) in [6, 6.07) is 3.84. The number of thiazole rings is 1. The smallest absolute Gasteiger partial charge is 0.418 e. The zero-order valence-corrected chi connectivity index (χ0v) is 28.5. The summed E-state index contributed by atoms with van der Waals surface area (Å²) in [5.74, 6) is -1.62. The minimum atomic E-state index is -5.03. The van der Waals surface area contributed by atoms with Gasteiger partial charge in [0.15, 0.2) is 16.9 Å². The topological polar surface area (TPSA) is 282 Å². The molecule has 1 aromatic heterocycles. The van der Waals surface area contributed by atoms with Gasteiger partial charge in [0, 0.05) is 17.5 Å². The van der Waals surface area contributed by atoms with E-state index in [1.165, 1.54) is 26.2 Å². The van der Waals surface area contributed by atoms with E-state index in [1.807, 2.05) is 6.07 Å². The van der Waals surface area contributed by atoms with E-state index in [-0.39, 0.29) is 23.1 Å². The fourth-order valence-corrected chi connectivity index (χ4v) is 6.77. The number of aryl methyl sites for hydroxylation is 1. The van der Waals surface area contributed by atoms with Crippen LogP contribution < -0.4 is 26.8 Å². The third kappa shape index (κ3) is 7.62. The summed E-state index contributed by atoms with van der Waals surface area (Å²) in [4.78, 5) is 48.3. The lowest BCUT2D eigenvalue weighted by Crippen LogP contribution is -2.76. The number of nitrogens with one attached hydrogen (secondary N) is 3. The number of hydrogen-bond donors (Lipinski definition) is 7. The molecule has 1 saturated carbocycles. The number of oxime groups is 1. The molecule has 49 heavy (non-hydrogen) atoms. The maximum Gasteiger partial charge on any atom is 0.418 e. The van der Waals surface area contributed by atoms with Crippen LogP contribution in [0, 0.1) is 17.2 Å². The van der Waals surface area contributed by atoms with E-state index >= 15 is 0 Å². The molecule has 5 atom stereocenters. The van der Waals surface area contributed by atoms with Gasteiger partial charge in [-0.2, -0.15) is 13.5 Å². The number of fused-ring (bicyclic) bond motifs is 1. The number of anilines is 1. The van der Waals surface area contributed by atoms with Crippen LogP contribution in [-0.2, 0) is 40.3 Å². The van der Waals surface area contributed by atoms with Crippen molar-refractivity contribution in [1.29, 1.82) is 5.41 Å². The maximum absolute atomic E-state index is 13.4. The monoisotopic (exact) mass is 722 g/mol. The molecule has 266 valence electrons. The van der Waals surface area contributed by atoms with Gasteiger partial charge in [0.2, 0.25) is 0 Å². The lowest BCUT2D eigenvalue weighted by molar-refractivity contribution is -0.218. The van der Waals surface area contributed by atoms with Gasteiger partial charge in [0.25, 0.3) is 17.4 Å². The summed E-state index contributed by atoms with van der Waals surface area (Å²) in [5, 5.41) is 29.9. The fraction of sp³-hybridized carbons (Fsp3) is 0.517. The van der Waals surface area contributed by atoms with E-state index in [9.17, 15) is 27.9 Å². The number of benzene rings is 1. The van der Waals surface area contributed by atoms with Crippen molar-refractivity contribution in [1.82, 2.24) is 20.7 Å². The SMILES string of the molecule is CC1(C)[C@H](NC(=O)/C(=N\O[C@](C)(C(=O)O)[C@H]2CCc3cc(C(=N)NCC[C@H]4C[C@@H]4CN)ccc3O2)c2csc(N)n2)C(=O)N1OS(=O)(=O)O. The molecule has 0 spiro atoms. The second-order valence-corrected chi connectivity index (χ2v) is 14.7. The van der Waals surface area contributed by atoms with Gasteiger partial charge in [-0.15, -0.1) is 15.6 Å². The van der Waals surface area contributed by atoms with E-state index in [1.54, 1.807) is 12.1 Å². The Hall–Kier alpha value is -4.37. The van der Waals surface area contributed by atoms with Crippen LogP contribution >= 0.6 is 11.3 Å². The lowest BCUT2D eigenvalue weighted by atomic mass is 9.84. The summed E-state index contributed by atoms with van der Waals surface area (Å²) >= 11 is 0.963.